The number of carboxylic acid groups (broad SMARTS) is 1. The summed E-state index contributed by atoms with van der Waals surface area (Å²) in [5, 5.41) is 17.3. The standard InChI is InChI=1S/C16H13N5O4S2/c17-27(24,25)10-3-1-2-9(6-10)19-16-18-7-8-4-5-11-13(12(8)21-16)26-14(20-11)15(22)23/h1-3,6-7H,4-5H2,(H,22,23)(H2,17,24,25)(H,18,19,21). The molecule has 0 radical (unpaired) electrons. The Labute approximate surface area is 158 Å². The number of fused-ring (bicyclic) bond motifs is 3. The summed E-state index contributed by atoms with van der Waals surface area (Å²) >= 11 is 1.08. The molecule has 1 aliphatic rings. The van der Waals surface area contributed by atoms with Gasteiger partial charge < -0.3 is 10.4 Å². The first-order valence-corrected chi connectivity index (χ1v) is 10.2. The Hall–Kier alpha value is -2.89. The van der Waals surface area contributed by atoms with Crippen molar-refractivity contribution in [1.29, 1.82) is 0 Å². The van der Waals surface area contributed by atoms with Crippen molar-refractivity contribution in [2.45, 2.75) is 17.7 Å². The summed E-state index contributed by atoms with van der Waals surface area (Å²) in [5.41, 5.74) is 2.73. The van der Waals surface area contributed by atoms with Crippen molar-refractivity contribution in [2.75, 3.05) is 5.32 Å². The number of aryl methyl sites for hydroxylation is 2. The highest BCUT2D eigenvalue weighted by Crippen LogP contribution is 2.36. The van der Waals surface area contributed by atoms with Crippen LogP contribution in [0.1, 0.15) is 21.1 Å². The summed E-state index contributed by atoms with van der Waals surface area (Å²) in [4.78, 5) is 24.8. The first-order chi connectivity index (χ1) is 12.8. The number of sulfonamides is 1. The molecule has 9 nitrogen and oxygen atoms in total. The SMILES string of the molecule is NS(=O)(=O)c1cccc(Nc2ncc3c(n2)-c2sc(C(=O)O)nc2CC3)c1. The van der Waals surface area contributed by atoms with E-state index in [1.165, 1.54) is 12.1 Å². The molecule has 0 bridgehead atoms. The fourth-order valence-electron chi connectivity index (χ4n) is 2.78. The zero-order valence-corrected chi connectivity index (χ0v) is 15.3. The highest BCUT2D eigenvalue weighted by molar-refractivity contribution is 7.89. The molecule has 0 saturated carbocycles. The first kappa shape index (κ1) is 17.5. The highest BCUT2D eigenvalue weighted by atomic mass is 32.2. The number of carboxylic acids is 1. The minimum absolute atomic E-state index is 0.0266. The summed E-state index contributed by atoms with van der Waals surface area (Å²) in [6.45, 7) is 0. The summed E-state index contributed by atoms with van der Waals surface area (Å²) in [7, 11) is -3.82. The van der Waals surface area contributed by atoms with Gasteiger partial charge in [0.1, 0.15) is 0 Å². The molecule has 4 rings (SSSR count). The topological polar surface area (TPSA) is 148 Å². The lowest BCUT2D eigenvalue weighted by atomic mass is 10.00. The summed E-state index contributed by atoms with van der Waals surface area (Å²) < 4.78 is 23.0. The van der Waals surface area contributed by atoms with Gasteiger partial charge in [-0.2, -0.15) is 0 Å². The molecule has 0 spiro atoms. The second-order valence-electron chi connectivity index (χ2n) is 5.87. The number of hydrogen-bond donors (Lipinski definition) is 3. The third-order valence-corrected chi connectivity index (χ3v) is 6.01. The van der Waals surface area contributed by atoms with Gasteiger partial charge >= 0.3 is 5.97 Å². The van der Waals surface area contributed by atoms with E-state index in [2.05, 4.69) is 20.3 Å². The summed E-state index contributed by atoms with van der Waals surface area (Å²) in [6, 6.07) is 6.00. The monoisotopic (exact) mass is 403 g/mol. The van der Waals surface area contributed by atoms with Gasteiger partial charge in [0.2, 0.25) is 21.0 Å². The lowest BCUT2D eigenvalue weighted by molar-refractivity contribution is 0.0696. The quantitative estimate of drug-likeness (QED) is 0.597. The maximum absolute atomic E-state index is 11.5. The van der Waals surface area contributed by atoms with E-state index in [1.807, 2.05) is 0 Å². The van der Waals surface area contributed by atoms with E-state index in [1.54, 1.807) is 18.3 Å². The predicted molar refractivity (Wildman–Crippen MR) is 98.6 cm³/mol. The molecular weight excluding hydrogens is 390 g/mol. The second kappa shape index (κ2) is 6.37. The van der Waals surface area contributed by atoms with Crippen molar-refractivity contribution in [1.82, 2.24) is 15.0 Å². The van der Waals surface area contributed by atoms with Gasteiger partial charge in [-0.15, -0.1) is 11.3 Å². The molecule has 27 heavy (non-hydrogen) atoms. The molecule has 0 aliphatic heterocycles. The van der Waals surface area contributed by atoms with Gasteiger partial charge in [0, 0.05) is 11.9 Å². The van der Waals surface area contributed by atoms with Crippen LogP contribution in [0.15, 0.2) is 35.4 Å². The Kier molecular flexibility index (Phi) is 4.13. The van der Waals surface area contributed by atoms with Crippen LogP contribution < -0.4 is 10.5 Å². The minimum Gasteiger partial charge on any atom is -0.476 e. The van der Waals surface area contributed by atoms with Crippen molar-refractivity contribution in [3.63, 3.8) is 0 Å². The van der Waals surface area contributed by atoms with Gasteiger partial charge in [0.15, 0.2) is 0 Å². The average molecular weight is 403 g/mol. The lowest BCUT2D eigenvalue weighted by Crippen LogP contribution is -2.12. The first-order valence-electron chi connectivity index (χ1n) is 7.80. The summed E-state index contributed by atoms with van der Waals surface area (Å²) in [6.07, 6.45) is 2.99. The number of thiazole rings is 1. The Morgan fingerprint density at radius 3 is 2.81 bits per heavy atom. The van der Waals surface area contributed by atoms with Gasteiger partial charge in [-0.25, -0.2) is 33.3 Å². The number of primary sulfonamides is 1. The van der Waals surface area contributed by atoms with Crippen LogP contribution in [0.2, 0.25) is 0 Å². The number of carbonyl (C=O) groups is 1. The number of hydrogen-bond acceptors (Lipinski definition) is 8. The number of benzene rings is 1. The molecule has 0 fully saturated rings. The van der Waals surface area contributed by atoms with Crippen LogP contribution in [0.25, 0.3) is 10.6 Å². The molecule has 0 amide bonds. The van der Waals surface area contributed by atoms with E-state index in [4.69, 9.17) is 10.2 Å². The highest BCUT2D eigenvalue weighted by Gasteiger charge is 2.25. The number of nitrogens with zero attached hydrogens (tertiary/aromatic N) is 3. The predicted octanol–water partition coefficient (Wildman–Crippen LogP) is 1.79. The number of anilines is 2. The fraction of sp³-hybridized carbons (Fsp3) is 0.125. The maximum Gasteiger partial charge on any atom is 0.365 e. The van der Waals surface area contributed by atoms with Crippen LogP contribution in [0.4, 0.5) is 11.6 Å². The molecule has 1 aromatic carbocycles. The molecule has 0 unspecified atom stereocenters. The zero-order chi connectivity index (χ0) is 19.2. The molecular formula is C16H13N5O4S2. The van der Waals surface area contributed by atoms with E-state index in [0.717, 1.165) is 21.8 Å². The maximum atomic E-state index is 11.5. The molecule has 2 aromatic heterocycles. The number of rotatable bonds is 4. The minimum atomic E-state index is -3.82. The van der Waals surface area contributed by atoms with Crippen molar-refractivity contribution in [2.24, 2.45) is 5.14 Å². The molecule has 0 saturated heterocycles. The van der Waals surface area contributed by atoms with Gasteiger partial charge in [-0.3, -0.25) is 0 Å². The van der Waals surface area contributed by atoms with Crippen LogP contribution >= 0.6 is 11.3 Å². The van der Waals surface area contributed by atoms with Crippen molar-refractivity contribution >= 4 is 39.0 Å². The van der Waals surface area contributed by atoms with Crippen LogP contribution in [0.5, 0.6) is 0 Å². The molecule has 3 aromatic rings. The van der Waals surface area contributed by atoms with Crippen LogP contribution in [-0.4, -0.2) is 34.4 Å². The molecule has 4 N–H and O–H groups in total. The molecule has 1 aliphatic carbocycles. The van der Waals surface area contributed by atoms with Crippen LogP contribution in [0, 0.1) is 0 Å². The van der Waals surface area contributed by atoms with Crippen molar-refractivity contribution in [3.05, 3.63) is 46.7 Å². The lowest BCUT2D eigenvalue weighted by Gasteiger charge is -2.15. The number of nitrogens with two attached hydrogens (primary N) is 1. The van der Waals surface area contributed by atoms with E-state index >= 15 is 0 Å². The Bertz CT molecular complexity index is 1170. The largest absolute Gasteiger partial charge is 0.476 e. The third kappa shape index (κ3) is 3.39. The van der Waals surface area contributed by atoms with E-state index in [0.29, 0.717) is 29.9 Å². The van der Waals surface area contributed by atoms with E-state index in [9.17, 15) is 13.2 Å². The van der Waals surface area contributed by atoms with Crippen molar-refractivity contribution < 1.29 is 18.3 Å². The second-order valence-corrected chi connectivity index (χ2v) is 8.43. The number of aromatic carboxylic acids is 1. The number of nitrogens with one attached hydrogen (secondary N) is 1. The van der Waals surface area contributed by atoms with Crippen LogP contribution in [0.3, 0.4) is 0 Å². The van der Waals surface area contributed by atoms with Gasteiger partial charge in [0.25, 0.3) is 0 Å². The third-order valence-electron chi connectivity index (χ3n) is 4.01. The number of aromatic nitrogens is 3. The zero-order valence-electron chi connectivity index (χ0n) is 13.7. The molecule has 2 heterocycles. The summed E-state index contributed by atoms with van der Waals surface area (Å²) in [5.74, 6) is -0.804. The Morgan fingerprint density at radius 1 is 1.26 bits per heavy atom. The average Bonchev–Trinajstić information content (AvgIpc) is 3.06. The van der Waals surface area contributed by atoms with Gasteiger partial charge in [-0.05, 0) is 36.6 Å². The van der Waals surface area contributed by atoms with E-state index in [-0.39, 0.29) is 15.9 Å². The smallest absolute Gasteiger partial charge is 0.365 e. The van der Waals surface area contributed by atoms with E-state index < -0.39 is 16.0 Å². The van der Waals surface area contributed by atoms with Crippen molar-refractivity contribution in [3.8, 4) is 10.6 Å². The van der Waals surface area contributed by atoms with Crippen LogP contribution in [-0.2, 0) is 22.9 Å². The van der Waals surface area contributed by atoms with Gasteiger partial charge in [-0.1, -0.05) is 6.07 Å². The Morgan fingerprint density at radius 2 is 2.07 bits per heavy atom. The molecule has 138 valence electrons. The van der Waals surface area contributed by atoms with Gasteiger partial charge in [0.05, 0.1) is 21.2 Å². The normalized spacial score (nSPS) is 12.9. The molecule has 11 heteroatoms. The Balaban J connectivity index is 1.70. The molecule has 0 atom stereocenters. The fourth-order valence-corrected chi connectivity index (χ4v) is 4.31.